The van der Waals surface area contributed by atoms with Crippen molar-refractivity contribution in [3.63, 3.8) is 0 Å². The maximum atomic E-state index is 11.2. The van der Waals surface area contributed by atoms with E-state index in [0.717, 1.165) is 29.8 Å². The predicted octanol–water partition coefficient (Wildman–Crippen LogP) is 3.49. The van der Waals surface area contributed by atoms with Gasteiger partial charge in [-0.1, -0.05) is 19.9 Å². The van der Waals surface area contributed by atoms with Gasteiger partial charge in [-0.2, -0.15) is 0 Å². The molecule has 0 fully saturated rings. The van der Waals surface area contributed by atoms with Crippen LogP contribution < -0.4 is 0 Å². The molecule has 0 radical (unpaired) electrons. The third kappa shape index (κ3) is 2.61. The molecule has 5 heteroatoms. The summed E-state index contributed by atoms with van der Waals surface area (Å²) >= 11 is 0. The van der Waals surface area contributed by atoms with Crippen LogP contribution in [0.3, 0.4) is 0 Å². The van der Waals surface area contributed by atoms with Crippen LogP contribution in [0.5, 0.6) is 5.75 Å². The van der Waals surface area contributed by atoms with Crippen LogP contribution in [0.25, 0.3) is 11.1 Å². The normalized spacial score (nSPS) is 10.5. The second-order valence-electron chi connectivity index (χ2n) is 4.48. The van der Waals surface area contributed by atoms with E-state index in [0.29, 0.717) is 5.56 Å². The first-order chi connectivity index (χ1) is 9.56. The Balaban J connectivity index is 2.68. The van der Waals surface area contributed by atoms with Crippen LogP contribution in [0, 0.1) is 10.1 Å². The minimum atomic E-state index is -0.553. The van der Waals surface area contributed by atoms with Gasteiger partial charge >= 0.3 is 5.69 Å². The molecule has 0 atom stereocenters. The molecular weight excluding hydrogens is 256 g/mol. The zero-order valence-corrected chi connectivity index (χ0v) is 11.5. The Morgan fingerprint density at radius 2 is 1.80 bits per heavy atom. The number of pyridine rings is 1. The van der Waals surface area contributed by atoms with Crippen LogP contribution in [-0.2, 0) is 12.8 Å². The Morgan fingerprint density at radius 3 is 2.30 bits per heavy atom. The van der Waals surface area contributed by atoms with Gasteiger partial charge in [0.25, 0.3) is 0 Å². The van der Waals surface area contributed by atoms with Gasteiger partial charge in [-0.25, -0.2) is 0 Å². The van der Waals surface area contributed by atoms with Crippen molar-refractivity contribution in [3.05, 3.63) is 51.8 Å². The van der Waals surface area contributed by atoms with Crippen molar-refractivity contribution in [1.82, 2.24) is 4.98 Å². The van der Waals surface area contributed by atoms with Gasteiger partial charge in [0.1, 0.15) is 0 Å². The molecular formula is C15H16N2O3. The highest BCUT2D eigenvalue weighted by Crippen LogP contribution is 2.37. The maximum absolute atomic E-state index is 11.2. The average molecular weight is 272 g/mol. The Kier molecular flexibility index (Phi) is 3.98. The number of phenolic OH excluding ortho intramolecular Hbond substituents is 1. The van der Waals surface area contributed by atoms with Gasteiger partial charge in [0.05, 0.1) is 10.5 Å². The standard InChI is InChI=1S/C15H16N2O3/c1-3-11-8-10(9-12(4-2)16-11)13-6-5-7-14(18)15(13)17(19)20/h5-9,18H,3-4H2,1-2H3. The Labute approximate surface area is 117 Å². The monoisotopic (exact) mass is 272 g/mol. The first-order valence-electron chi connectivity index (χ1n) is 6.53. The average Bonchev–Trinajstić information content (AvgIpc) is 2.45. The largest absolute Gasteiger partial charge is 0.502 e. The molecule has 0 amide bonds. The highest BCUT2D eigenvalue weighted by atomic mass is 16.6. The van der Waals surface area contributed by atoms with Crippen molar-refractivity contribution in [2.24, 2.45) is 0 Å². The van der Waals surface area contributed by atoms with Crippen LogP contribution >= 0.6 is 0 Å². The molecule has 5 nitrogen and oxygen atoms in total. The van der Waals surface area contributed by atoms with E-state index in [-0.39, 0.29) is 11.4 Å². The number of aromatic hydroxyl groups is 1. The van der Waals surface area contributed by atoms with Crippen molar-refractivity contribution < 1.29 is 10.0 Å². The number of hydrogen-bond donors (Lipinski definition) is 1. The number of nitro groups is 1. The van der Waals surface area contributed by atoms with E-state index in [2.05, 4.69) is 4.98 Å². The Morgan fingerprint density at radius 1 is 1.20 bits per heavy atom. The molecule has 0 bridgehead atoms. The van der Waals surface area contributed by atoms with Gasteiger partial charge in [0.2, 0.25) is 0 Å². The molecule has 0 aliphatic rings. The molecule has 0 aliphatic carbocycles. The van der Waals surface area contributed by atoms with Crippen LogP contribution in [-0.4, -0.2) is 15.0 Å². The van der Waals surface area contributed by atoms with E-state index >= 15 is 0 Å². The molecule has 0 saturated heterocycles. The van der Waals surface area contributed by atoms with Gasteiger partial charge in [0.15, 0.2) is 5.75 Å². The molecule has 104 valence electrons. The lowest BCUT2D eigenvalue weighted by atomic mass is 10.0. The van der Waals surface area contributed by atoms with Crippen molar-refractivity contribution >= 4 is 5.69 Å². The summed E-state index contributed by atoms with van der Waals surface area (Å²) in [5.74, 6) is -0.319. The molecule has 1 N–H and O–H groups in total. The van der Waals surface area contributed by atoms with Crippen LogP contribution in [0.1, 0.15) is 25.2 Å². The van der Waals surface area contributed by atoms with E-state index in [1.807, 2.05) is 26.0 Å². The summed E-state index contributed by atoms with van der Waals surface area (Å²) in [6.07, 6.45) is 1.51. The lowest BCUT2D eigenvalue weighted by Gasteiger charge is -2.08. The van der Waals surface area contributed by atoms with E-state index in [9.17, 15) is 15.2 Å². The number of nitro benzene ring substituents is 1. The van der Waals surface area contributed by atoms with E-state index in [1.165, 1.54) is 6.07 Å². The van der Waals surface area contributed by atoms with Gasteiger partial charge in [-0.3, -0.25) is 15.1 Å². The van der Waals surface area contributed by atoms with Crippen molar-refractivity contribution in [2.75, 3.05) is 0 Å². The summed E-state index contributed by atoms with van der Waals surface area (Å²) in [6, 6.07) is 8.24. The molecule has 1 aromatic carbocycles. The number of hydrogen-bond acceptors (Lipinski definition) is 4. The zero-order valence-electron chi connectivity index (χ0n) is 11.5. The Bertz CT molecular complexity index is 631. The summed E-state index contributed by atoms with van der Waals surface area (Å²) in [4.78, 5) is 15.1. The van der Waals surface area contributed by atoms with E-state index in [1.54, 1.807) is 12.1 Å². The van der Waals surface area contributed by atoms with Crippen molar-refractivity contribution in [1.29, 1.82) is 0 Å². The first kappa shape index (κ1) is 14.0. The van der Waals surface area contributed by atoms with Crippen LogP contribution in [0.4, 0.5) is 5.69 Å². The summed E-state index contributed by atoms with van der Waals surface area (Å²) in [5.41, 5.74) is 2.65. The quantitative estimate of drug-likeness (QED) is 0.682. The second kappa shape index (κ2) is 5.69. The van der Waals surface area contributed by atoms with Crippen molar-refractivity contribution in [3.8, 4) is 16.9 Å². The fourth-order valence-electron chi connectivity index (χ4n) is 2.12. The van der Waals surface area contributed by atoms with Gasteiger partial charge in [0, 0.05) is 11.4 Å². The summed E-state index contributed by atoms with van der Waals surface area (Å²) < 4.78 is 0. The SMILES string of the molecule is CCc1cc(-c2cccc(O)c2[N+](=O)[O-])cc(CC)n1. The maximum Gasteiger partial charge on any atom is 0.318 e. The van der Waals surface area contributed by atoms with Gasteiger partial charge in [-0.05, 0) is 42.7 Å². The minimum absolute atomic E-state index is 0.261. The number of phenols is 1. The number of rotatable bonds is 4. The predicted molar refractivity (Wildman–Crippen MR) is 76.7 cm³/mol. The topological polar surface area (TPSA) is 76.3 Å². The summed E-state index contributed by atoms with van der Waals surface area (Å²) in [7, 11) is 0. The zero-order chi connectivity index (χ0) is 14.7. The number of aryl methyl sites for hydroxylation is 2. The van der Waals surface area contributed by atoms with Crippen molar-refractivity contribution in [2.45, 2.75) is 26.7 Å². The molecule has 20 heavy (non-hydrogen) atoms. The summed E-state index contributed by atoms with van der Waals surface area (Å²) in [5, 5.41) is 20.9. The summed E-state index contributed by atoms with van der Waals surface area (Å²) in [6.45, 7) is 3.98. The smallest absolute Gasteiger partial charge is 0.318 e. The molecule has 0 aliphatic heterocycles. The molecule has 2 aromatic rings. The second-order valence-corrected chi connectivity index (χ2v) is 4.48. The van der Waals surface area contributed by atoms with Gasteiger partial charge < -0.3 is 5.11 Å². The molecule has 1 heterocycles. The highest BCUT2D eigenvalue weighted by Gasteiger charge is 2.21. The fraction of sp³-hybridized carbons (Fsp3) is 0.267. The number of nitrogens with zero attached hydrogens (tertiary/aromatic N) is 2. The molecule has 0 saturated carbocycles. The number of para-hydroxylation sites is 1. The number of aromatic nitrogens is 1. The lowest BCUT2D eigenvalue weighted by Crippen LogP contribution is -1.97. The third-order valence-corrected chi connectivity index (χ3v) is 3.16. The van der Waals surface area contributed by atoms with E-state index < -0.39 is 4.92 Å². The van der Waals surface area contributed by atoms with Crippen LogP contribution in [0.15, 0.2) is 30.3 Å². The molecule has 0 unspecified atom stereocenters. The lowest BCUT2D eigenvalue weighted by molar-refractivity contribution is -0.385. The minimum Gasteiger partial charge on any atom is -0.502 e. The first-order valence-corrected chi connectivity index (χ1v) is 6.53. The fourth-order valence-corrected chi connectivity index (χ4v) is 2.12. The van der Waals surface area contributed by atoms with Gasteiger partial charge in [-0.15, -0.1) is 0 Å². The highest BCUT2D eigenvalue weighted by molar-refractivity contribution is 5.77. The van der Waals surface area contributed by atoms with E-state index in [4.69, 9.17) is 0 Å². The molecule has 1 aromatic heterocycles. The third-order valence-electron chi connectivity index (χ3n) is 3.16. The van der Waals surface area contributed by atoms with Crippen LogP contribution in [0.2, 0.25) is 0 Å². The molecule has 0 spiro atoms. The Hall–Kier alpha value is -2.43. The molecule has 2 rings (SSSR count). The number of benzene rings is 1.